The normalized spacial score (nSPS) is 10.9. The standard InChI is InChI=1S/C20H15F2N5O3S/c1-30-16-5-3-2-4-15(16)26-8-9-27-18(19(26)29)24-25-20(27)31-11-17(28)23-14-10-12(21)6-7-13(14)22/h2-10H,11H2,1H3,(H,23,28). The summed E-state index contributed by atoms with van der Waals surface area (Å²) in [5, 5.41) is 10.5. The van der Waals surface area contributed by atoms with Gasteiger partial charge in [-0.2, -0.15) is 0 Å². The number of hydrogen-bond acceptors (Lipinski definition) is 6. The molecule has 1 amide bonds. The number of methoxy groups -OCH3 is 1. The van der Waals surface area contributed by atoms with Crippen LogP contribution in [0.25, 0.3) is 11.3 Å². The van der Waals surface area contributed by atoms with E-state index in [-0.39, 0.29) is 17.1 Å². The first-order valence-electron chi connectivity index (χ1n) is 8.95. The molecule has 11 heteroatoms. The Bertz CT molecular complexity index is 1340. The Morgan fingerprint density at radius 1 is 1.16 bits per heavy atom. The lowest BCUT2D eigenvalue weighted by Gasteiger charge is -2.10. The summed E-state index contributed by atoms with van der Waals surface area (Å²) in [7, 11) is 1.51. The van der Waals surface area contributed by atoms with Crippen molar-refractivity contribution in [3.63, 3.8) is 0 Å². The molecule has 0 spiro atoms. The van der Waals surface area contributed by atoms with Gasteiger partial charge in [-0.3, -0.25) is 18.6 Å². The topological polar surface area (TPSA) is 90.5 Å². The van der Waals surface area contributed by atoms with Gasteiger partial charge in [0, 0.05) is 18.5 Å². The first-order chi connectivity index (χ1) is 15.0. The third-order valence-corrected chi connectivity index (χ3v) is 5.26. The molecule has 8 nitrogen and oxygen atoms in total. The van der Waals surface area contributed by atoms with Gasteiger partial charge in [-0.05, 0) is 24.3 Å². The maximum absolute atomic E-state index is 13.7. The molecule has 0 saturated heterocycles. The van der Waals surface area contributed by atoms with Crippen LogP contribution in [0.1, 0.15) is 0 Å². The van der Waals surface area contributed by atoms with E-state index in [4.69, 9.17) is 4.74 Å². The smallest absolute Gasteiger partial charge is 0.300 e. The van der Waals surface area contributed by atoms with Crippen molar-refractivity contribution in [3.8, 4) is 11.4 Å². The average Bonchev–Trinajstić information content (AvgIpc) is 3.19. The number of nitrogens with one attached hydrogen (secondary N) is 1. The highest BCUT2D eigenvalue weighted by atomic mass is 32.2. The summed E-state index contributed by atoms with van der Waals surface area (Å²) in [6.45, 7) is 0. The fourth-order valence-electron chi connectivity index (χ4n) is 2.89. The number of para-hydroxylation sites is 2. The first-order valence-corrected chi connectivity index (χ1v) is 9.94. The van der Waals surface area contributed by atoms with Crippen LogP contribution in [0, 0.1) is 11.6 Å². The molecule has 0 unspecified atom stereocenters. The number of anilines is 1. The summed E-state index contributed by atoms with van der Waals surface area (Å²) < 4.78 is 35.0. The highest BCUT2D eigenvalue weighted by Gasteiger charge is 2.16. The van der Waals surface area contributed by atoms with Crippen molar-refractivity contribution >= 4 is 29.0 Å². The molecule has 0 radical (unpaired) electrons. The van der Waals surface area contributed by atoms with E-state index in [1.165, 1.54) is 16.1 Å². The van der Waals surface area contributed by atoms with Gasteiger partial charge >= 0.3 is 5.56 Å². The number of amides is 1. The van der Waals surface area contributed by atoms with Crippen molar-refractivity contribution in [3.05, 3.63) is 76.8 Å². The number of halogens is 2. The van der Waals surface area contributed by atoms with Crippen LogP contribution in [0.4, 0.5) is 14.5 Å². The average molecular weight is 443 g/mol. The Balaban J connectivity index is 1.55. The van der Waals surface area contributed by atoms with Gasteiger partial charge in [0.15, 0.2) is 5.16 Å². The summed E-state index contributed by atoms with van der Waals surface area (Å²) in [6.07, 6.45) is 3.14. The fourth-order valence-corrected chi connectivity index (χ4v) is 3.61. The van der Waals surface area contributed by atoms with Crippen LogP contribution in [0.5, 0.6) is 5.75 Å². The third-order valence-electron chi connectivity index (χ3n) is 4.32. The molecule has 2 heterocycles. The largest absolute Gasteiger partial charge is 0.495 e. The zero-order valence-corrected chi connectivity index (χ0v) is 16.9. The van der Waals surface area contributed by atoms with Crippen LogP contribution in [0.2, 0.25) is 0 Å². The van der Waals surface area contributed by atoms with Crippen LogP contribution in [-0.4, -0.2) is 37.9 Å². The molecule has 0 aliphatic carbocycles. The molecular formula is C20H15F2N5O3S. The third kappa shape index (κ3) is 4.12. The van der Waals surface area contributed by atoms with Crippen molar-refractivity contribution in [2.24, 2.45) is 0 Å². The first kappa shape index (κ1) is 20.5. The van der Waals surface area contributed by atoms with Gasteiger partial charge in [0.05, 0.1) is 24.2 Å². The minimum absolute atomic E-state index is 0.0625. The molecule has 4 rings (SSSR count). The predicted molar refractivity (Wildman–Crippen MR) is 111 cm³/mol. The molecule has 0 aliphatic rings. The SMILES string of the molecule is COc1ccccc1-n1ccn2c(SCC(=O)Nc3cc(F)ccc3F)nnc2c1=O. The number of carbonyl (C=O) groups excluding carboxylic acids is 1. The quantitative estimate of drug-likeness (QED) is 0.461. The summed E-state index contributed by atoms with van der Waals surface area (Å²) in [4.78, 5) is 25.0. The molecule has 0 bridgehead atoms. The molecule has 0 atom stereocenters. The van der Waals surface area contributed by atoms with E-state index in [0.717, 1.165) is 30.0 Å². The molecule has 2 aromatic carbocycles. The Hall–Kier alpha value is -3.73. The summed E-state index contributed by atoms with van der Waals surface area (Å²) in [6, 6.07) is 9.81. The number of rotatable bonds is 6. The molecule has 4 aromatic rings. The Labute approximate surface area is 178 Å². The van der Waals surface area contributed by atoms with Gasteiger partial charge in [-0.25, -0.2) is 8.78 Å². The zero-order chi connectivity index (χ0) is 22.0. The number of fused-ring (bicyclic) bond motifs is 1. The molecule has 31 heavy (non-hydrogen) atoms. The van der Waals surface area contributed by atoms with E-state index in [0.29, 0.717) is 16.6 Å². The second-order valence-corrected chi connectivity index (χ2v) is 7.22. The zero-order valence-electron chi connectivity index (χ0n) is 16.1. The number of hydrogen-bond donors (Lipinski definition) is 1. The van der Waals surface area contributed by atoms with Crippen molar-refractivity contribution in [2.45, 2.75) is 5.16 Å². The summed E-state index contributed by atoms with van der Waals surface area (Å²) >= 11 is 1.00. The van der Waals surface area contributed by atoms with E-state index in [2.05, 4.69) is 15.5 Å². The Kier molecular flexibility index (Phi) is 5.67. The van der Waals surface area contributed by atoms with Gasteiger partial charge in [-0.15, -0.1) is 10.2 Å². The van der Waals surface area contributed by atoms with E-state index in [1.54, 1.807) is 36.7 Å². The number of aromatic nitrogens is 4. The predicted octanol–water partition coefficient (Wildman–Crippen LogP) is 2.90. The summed E-state index contributed by atoms with van der Waals surface area (Å²) in [5.74, 6) is -1.60. The van der Waals surface area contributed by atoms with E-state index < -0.39 is 23.1 Å². The molecule has 158 valence electrons. The lowest BCUT2D eigenvalue weighted by atomic mass is 10.3. The van der Waals surface area contributed by atoms with Gasteiger partial charge in [0.2, 0.25) is 11.6 Å². The molecule has 1 N–H and O–H groups in total. The van der Waals surface area contributed by atoms with Crippen LogP contribution in [-0.2, 0) is 4.79 Å². The second kappa shape index (κ2) is 8.56. The Morgan fingerprint density at radius 3 is 2.77 bits per heavy atom. The van der Waals surface area contributed by atoms with Gasteiger partial charge in [0.25, 0.3) is 0 Å². The number of ether oxygens (including phenoxy) is 1. The van der Waals surface area contributed by atoms with E-state index >= 15 is 0 Å². The minimum Gasteiger partial charge on any atom is -0.495 e. The molecule has 0 saturated carbocycles. The fraction of sp³-hybridized carbons (Fsp3) is 0.100. The van der Waals surface area contributed by atoms with Crippen LogP contribution < -0.4 is 15.6 Å². The molecular weight excluding hydrogens is 428 g/mol. The lowest BCUT2D eigenvalue weighted by Crippen LogP contribution is -2.20. The van der Waals surface area contributed by atoms with Crippen molar-refractivity contribution < 1.29 is 18.3 Å². The van der Waals surface area contributed by atoms with Gasteiger partial charge in [0.1, 0.15) is 17.4 Å². The van der Waals surface area contributed by atoms with Crippen molar-refractivity contribution in [1.29, 1.82) is 0 Å². The molecule has 0 fully saturated rings. The number of benzene rings is 2. The van der Waals surface area contributed by atoms with Crippen molar-refractivity contribution in [1.82, 2.24) is 19.2 Å². The van der Waals surface area contributed by atoms with Gasteiger partial charge in [-0.1, -0.05) is 23.9 Å². The highest BCUT2D eigenvalue weighted by molar-refractivity contribution is 7.99. The molecule has 0 aliphatic heterocycles. The Morgan fingerprint density at radius 2 is 1.97 bits per heavy atom. The highest BCUT2D eigenvalue weighted by Crippen LogP contribution is 2.22. The minimum atomic E-state index is -0.746. The van der Waals surface area contributed by atoms with Crippen LogP contribution in [0.3, 0.4) is 0 Å². The van der Waals surface area contributed by atoms with Gasteiger partial charge < -0.3 is 10.1 Å². The monoisotopic (exact) mass is 443 g/mol. The van der Waals surface area contributed by atoms with Crippen molar-refractivity contribution in [2.75, 3.05) is 18.2 Å². The van der Waals surface area contributed by atoms with E-state index in [9.17, 15) is 18.4 Å². The lowest BCUT2D eigenvalue weighted by molar-refractivity contribution is -0.113. The number of thioether (sulfide) groups is 1. The maximum atomic E-state index is 13.7. The number of carbonyl (C=O) groups is 1. The number of nitrogens with zero attached hydrogens (tertiary/aromatic N) is 4. The summed E-state index contributed by atoms with van der Waals surface area (Å²) in [5.41, 5.74) is -0.0623. The van der Waals surface area contributed by atoms with Crippen LogP contribution >= 0.6 is 11.8 Å². The van der Waals surface area contributed by atoms with Crippen LogP contribution in [0.15, 0.2) is 64.8 Å². The second-order valence-electron chi connectivity index (χ2n) is 6.28. The molecule has 2 aromatic heterocycles. The maximum Gasteiger partial charge on any atom is 0.300 e. The van der Waals surface area contributed by atoms with E-state index in [1.807, 2.05) is 0 Å².